The second kappa shape index (κ2) is 5.31. The van der Waals surface area contributed by atoms with E-state index in [1.807, 2.05) is 6.07 Å². The second-order valence-electron chi connectivity index (χ2n) is 4.19. The summed E-state index contributed by atoms with van der Waals surface area (Å²) in [5.41, 5.74) is 2.65. The Bertz CT molecular complexity index is 835. The third-order valence-electron chi connectivity index (χ3n) is 2.91. The van der Waals surface area contributed by atoms with Crippen LogP contribution in [-0.2, 0) is 0 Å². The molecule has 0 saturated carbocycles. The topological polar surface area (TPSA) is 78.2 Å². The van der Waals surface area contributed by atoms with E-state index >= 15 is 0 Å². The molecule has 5 nitrogen and oxygen atoms in total. The van der Waals surface area contributed by atoms with Gasteiger partial charge in [0.1, 0.15) is 17.6 Å². The zero-order valence-corrected chi connectivity index (χ0v) is 11.3. The highest BCUT2D eigenvalue weighted by molar-refractivity contribution is 6.31. The van der Waals surface area contributed by atoms with Gasteiger partial charge < -0.3 is 0 Å². The molecule has 0 atom stereocenters. The van der Waals surface area contributed by atoms with Crippen LogP contribution in [0.3, 0.4) is 0 Å². The molecule has 102 valence electrons. The largest absolute Gasteiger partial charge is 0.256 e. The lowest BCUT2D eigenvalue weighted by atomic mass is 10.1. The molecule has 3 aromatic rings. The van der Waals surface area contributed by atoms with Gasteiger partial charge in [-0.3, -0.25) is 4.98 Å². The van der Waals surface area contributed by atoms with Gasteiger partial charge in [-0.2, -0.15) is 15.6 Å². The fourth-order valence-electron chi connectivity index (χ4n) is 1.87. The van der Waals surface area contributed by atoms with Crippen LogP contribution in [0.25, 0.3) is 22.5 Å². The van der Waals surface area contributed by atoms with Crippen LogP contribution in [0.2, 0.25) is 5.02 Å². The van der Waals surface area contributed by atoms with Crippen LogP contribution in [0.15, 0.2) is 36.5 Å². The van der Waals surface area contributed by atoms with E-state index in [9.17, 15) is 4.39 Å². The lowest BCUT2D eigenvalue weighted by Crippen LogP contribution is -1.88. The van der Waals surface area contributed by atoms with E-state index in [4.69, 9.17) is 16.9 Å². The fourth-order valence-corrected chi connectivity index (χ4v) is 2.05. The van der Waals surface area contributed by atoms with E-state index in [1.165, 1.54) is 12.1 Å². The third kappa shape index (κ3) is 2.47. The summed E-state index contributed by atoms with van der Waals surface area (Å²) in [6.45, 7) is 0. The molecule has 0 aliphatic heterocycles. The number of hydrogen-bond donors (Lipinski definition) is 1. The van der Waals surface area contributed by atoms with Crippen molar-refractivity contribution in [2.45, 2.75) is 0 Å². The molecule has 1 aromatic carbocycles. The molecule has 0 amide bonds. The van der Waals surface area contributed by atoms with E-state index in [0.29, 0.717) is 22.5 Å². The van der Waals surface area contributed by atoms with Crippen LogP contribution in [0.1, 0.15) is 5.69 Å². The molecule has 2 aromatic heterocycles. The Morgan fingerprint density at radius 3 is 2.62 bits per heavy atom. The number of aromatic nitrogens is 4. The number of halogens is 2. The van der Waals surface area contributed by atoms with Gasteiger partial charge in [-0.1, -0.05) is 11.6 Å². The third-order valence-corrected chi connectivity index (χ3v) is 3.20. The van der Waals surface area contributed by atoms with Crippen LogP contribution in [0.4, 0.5) is 4.39 Å². The lowest BCUT2D eigenvalue weighted by molar-refractivity contribution is 0.628. The molecule has 0 fully saturated rings. The van der Waals surface area contributed by atoms with Gasteiger partial charge in [0.15, 0.2) is 5.69 Å². The summed E-state index contributed by atoms with van der Waals surface area (Å²) in [7, 11) is 0. The van der Waals surface area contributed by atoms with Gasteiger partial charge in [-0.15, -0.1) is 5.10 Å². The Labute approximate surface area is 124 Å². The van der Waals surface area contributed by atoms with Crippen molar-refractivity contribution in [2.75, 3.05) is 0 Å². The number of aromatic amines is 1. The number of nitrogens with one attached hydrogen (secondary N) is 1. The quantitative estimate of drug-likeness (QED) is 0.788. The minimum Gasteiger partial charge on any atom is -0.256 e. The number of H-pyrrole nitrogens is 1. The standard InChI is InChI=1S/C14H7ClFN5/c15-10-5-8(1-3-11(10)16)12-4-2-9(7-18-12)14-13(6-17)19-21-20-14/h1-5,7H,(H,19,20,21). The maximum Gasteiger partial charge on any atom is 0.190 e. The van der Waals surface area contributed by atoms with Crippen molar-refractivity contribution in [3.63, 3.8) is 0 Å². The molecule has 0 aliphatic carbocycles. The van der Waals surface area contributed by atoms with Crippen LogP contribution < -0.4 is 0 Å². The molecule has 0 aliphatic rings. The summed E-state index contributed by atoms with van der Waals surface area (Å²) in [4.78, 5) is 4.28. The molecule has 0 saturated heterocycles. The highest BCUT2D eigenvalue weighted by atomic mass is 35.5. The second-order valence-corrected chi connectivity index (χ2v) is 4.60. The predicted octanol–water partition coefficient (Wildman–Crippen LogP) is 3.20. The molecular weight excluding hydrogens is 293 g/mol. The van der Waals surface area contributed by atoms with Gasteiger partial charge in [0, 0.05) is 17.3 Å². The summed E-state index contributed by atoms with van der Waals surface area (Å²) < 4.78 is 13.1. The zero-order chi connectivity index (χ0) is 14.8. The van der Waals surface area contributed by atoms with Gasteiger partial charge in [0.2, 0.25) is 0 Å². The van der Waals surface area contributed by atoms with E-state index in [2.05, 4.69) is 20.4 Å². The van der Waals surface area contributed by atoms with Gasteiger partial charge in [0.05, 0.1) is 10.7 Å². The average molecular weight is 300 g/mol. The minimum absolute atomic E-state index is 0.0432. The maximum atomic E-state index is 13.1. The summed E-state index contributed by atoms with van der Waals surface area (Å²) in [6.07, 6.45) is 1.57. The molecule has 0 spiro atoms. The minimum atomic E-state index is -0.474. The Morgan fingerprint density at radius 1 is 1.14 bits per heavy atom. The van der Waals surface area contributed by atoms with Crippen molar-refractivity contribution in [1.82, 2.24) is 20.4 Å². The van der Waals surface area contributed by atoms with E-state index in [1.54, 1.807) is 24.4 Å². The first-order valence-corrected chi connectivity index (χ1v) is 6.29. The number of benzene rings is 1. The summed E-state index contributed by atoms with van der Waals surface area (Å²) in [5.74, 6) is -0.474. The van der Waals surface area contributed by atoms with Gasteiger partial charge >= 0.3 is 0 Å². The Morgan fingerprint density at radius 2 is 1.95 bits per heavy atom. The smallest absolute Gasteiger partial charge is 0.190 e. The van der Waals surface area contributed by atoms with Crippen molar-refractivity contribution in [3.8, 4) is 28.6 Å². The SMILES string of the molecule is N#Cc1n[nH]nc1-c1ccc(-c2ccc(F)c(Cl)c2)nc1. The first kappa shape index (κ1) is 13.2. The molecule has 21 heavy (non-hydrogen) atoms. The van der Waals surface area contributed by atoms with Crippen LogP contribution in [0.5, 0.6) is 0 Å². The molecular formula is C14H7ClFN5. The Hall–Kier alpha value is -2.78. The summed E-state index contributed by atoms with van der Waals surface area (Å²) in [5, 5.41) is 19.0. The Kier molecular flexibility index (Phi) is 3.34. The van der Waals surface area contributed by atoms with E-state index in [0.717, 1.165) is 0 Å². The predicted molar refractivity (Wildman–Crippen MR) is 74.7 cm³/mol. The highest BCUT2D eigenvalue weighted by Crippen LogP contribution is 2.25. The van der Waals surface area contributed by atoms with Gasteiger partial charge in [-0.05, 0) is 30.3 Å². The number of nitriles is 1. The van der Waals surface area contributed by atoms with Crippen molar-refractivity contribution in [1.29, 1.82) is 5.26 Å². The first-order chi connectivity index (χ1) is 10.2. The number of nitrogens with zero attached hydrogens (tertiary/aromatic N) is 4. The van der Waals surface area contributed by atoms with Crippen molar-refractivity contribution in [3.05, 3.63) is 53.1 Å². The summed E-state index contributed by atoms with van der Waals surface area (Å²) in [6, 6.07) is 9.85. The maximum absolute atomic E-state index is 13.1. The monoisotopic (exact) mass is 299 g/mol. The number of hydrogen-bond acceptors (Lipinski definition) is 4. The molecule has 3 rings (SSSR count). The normalized spacial score (nSPS) is 10.3. The molecule has 1 N–H and O–H groups in total. The molecule has 0 unspecified atom stereocenters. The zero-order valence-electron chi connectivity index (χ0n) is 10.5. The molecule has 0 bridgehead atoms. The average Bonchev–Trinajstić information content (AvgIpc) is 2.99. The molecule has 0 radical (unpaired) electrons. The van der Waals surface area contributed by atoms with Gasteiger partial charge in [-0.25, -0.2) is 4.39 Å². The molecule has 7 heteroatoms. The van der Waals surface area contributed by atoms with Gasteiger partial charge in [0.25, 0.3) is 0 Å². The van der Waals surface area contributed by atoms with E-state index in [-0.39, 0.29) is 10.7 Å². The van der Waals surface area contributed by atoms with Crippen LogP contribution in [0, 0.1) is 17.1 Å². The van der Waals surface area contributed by atoms with Crippen molar-refractivity contribution >= 4 is 11.6 Å². The van der Waals surface area contributed by atoms with Crippen LogP contribution in [-0.4, -0.2) is 20.4 Å². The Balaban J connectivity index is 1.98. The number of rotatable bonds is 2. The van der Waals surface area contributed by atoms with Crippen molar-refractivity contribution < 1.29 is 4.39 Å². The van der Waals surface area contributed by atoms with E-state index < -0.39 is 5.82 Å². The molecule has 2 heterocycles. The van der Waals surface area contributed by atoms with Crippen LogP contribution >= 0.6 is 11.6 Å². The lowest BCUT2D eigenvalue weighted by Gasteiger charge is -2.03. The first-order valence-electron chi connectivity index (χ1n) is 5.92. The highest BCUT2D eigenvalue weighted by Gasteiger charge is 2.11. The fraction of sp³-hybridized carbons (Fsp3) is 0. The number of pyridine rings is 1. The summed E-state index contributed by atoms with van der Waals surface area (Å²) >= 11 is 5.75. The van der Waals surface area contributed by atoms with Crippen molar-refractivity contribution in [2.24, 2.45) is 0 Å².